The Morgan fingerprint density at radius 3 is 2.33 bits per heavy atom. The fourth-order valence-corrected chi connectivity index (χ4v) is 3.74. The zero-order chi connectivity index (χ0) is 18.5. The summed E-state index contributed by atoms with van der Waals surface area (Å²) in [7, 11) is 0. The van der Waals surface area contributed by atoms with Crippen LogP contribution in [0, 0.1) is 0 Å². The van der Waals surface area contributed by atoms with E-state index in [1.807, 2.05) is 12.1 Å². The summed E-state index contributed by atoms with van der Waals surface area (Å²) in [5.41, 5.74) is 3.17. The third kappa shape index (κ3) is 4.03. The van der Waals surface area contributed by atoms with Crippen LogP contribution in [0.3, 0.4) is 0 Å². The molecule has 3 N–H and O–H groups in total. The highest BCUT2D eigenvalue weighted by molar-refractivity contribution is 6.07. The maximum atomic E-state index is 12.0. The molecule has 1 saturated heterocycles. The first-order valence-corrected chi connectivity index (χ1v) is 9.85. The van der Waals surface area contributed by atoms with Crippen LogP contribution in [0.4, 0.5) is 5.69 Å². The topological polar surface area (TPSA) is 66.0 Å². The Balaban J connectivity index is 1.35. The number of hydrogen-bond donors (Lipinski definition) is 3. The molecule has 5 heteroatoms. The summed E-state index contributed by atoms with van der Waals surface area (Å²) in [6.45, 7) is 2.56. The highest BCUT2D eigenvalue weighted by Gasteiger charge is 2.21. The molecule has 0 aliphatic carbocycles. The number of anilines is 1. The quantitative estimate of drug-likeness (QED) is 0.445. The molecule has 0 unspecified atom stereocenters. The standard InChI is InChI=1S/C22H26N4O/c27-22(20-12-7-15-23-20)25-14-6-5-13-24-21-16-8-1-3-10-18(16)26-19-11-4-2-9-17(19)21/h1-4,8-11,20,23H,5-7,12-15H2,(H,24,26)(H,25,27)/t20-/m0/s1. The van der Waals surface area contributed by atoms with Gasteiger partial charge in [0.25, 0.3) is 0 Å². The molecule has 27 heavy (non-hydrogen) atoms. The predicted octanol–water partition coefficient (Wildman–Crippen LogP) is 3.45. The molecule has 1 amide bonds. The Bertz CT molecular complexity index is 880. The maximum Gasteiger partial charge on any atom is 0.237 e. The second kappa shape index (κ2) is 8.35. The summed E-state index contributed by atoms with van der Waals surface area (Å²) in [6, 6.07) is 16.5. The van der Waals surface area contributed by atoms with E-state index >= 15 is 0 Å². The minimum atomic E-state index is 0.0117. The summed E-state index contributed by atoms with van der Waals surface area (Å²) in [5, 5.41) is 12.2. The van der Waals surface area contributed by atoms with E-state index in [0.717, 1.165) is 72.8 Å². The van der Waals surface area contributed by atoms with E-state index in [4.69, 9.17) is 4.98 Å². The molecule has 2 aromatic carbocycles. The van der Waals surface area contributed by atoms with E-state index in [1.54, 1.807) is 0 Å². The monoisotopic (exact) mass is 362 g/mol. The number of nitrogens with zero attached hydrogens (tertiary/aromatic N) is 1. The number of pyridine rings is 1. The van der Waals surface area contributed by atoms with Crippen LogP contribution >= 0.6 is 0 Å². The van der Waals surface area contributed by atoms with Crippen molar-refractivity contribution in [3.8, 4) is 0 Å². The number of rotatable bonds is 7. The molecule has 3 aromatic rings. The molecular weight excluding hydrogens is 336 g/mol. The third-order valence-electron chi connectivity index (χ3n) is 5.17. The Morgan fingerprint density at radius 2 is 1.67 bits per heavy atom. The molecule has 1 aliphatic rings. The van der Waals surface area contributed by atoms with Crippen molar-refractivity contribution in [2.24, 2.45) is 0 Å². The lowest BCUT2D eigenvalue weighted by molar-refractivity contribution is -0.122. The molecule has 1 aliphatic heterocycles. The van der Waals surface area contributed by atoms with Gasteiger partial charge in [0, 0.05) is 23.9 Å². The van der Waals surface area contributed by atoms with Crippen LogP contribution in [0.15, 0.2) is 48.5 Å². The molecular formula is C22H26N4O. The van der Waals surface area contributed by atoms with Gasteiger partial charge in [0.05, 0.1) is 22.8 Å². The summed E-state index contributed by atoms with van der Waals surface area (Å²) >= 11 is 0. The van der Waals surface area contributed by atoms with Crippen molar-refractivity contribution in [1.82, 2.24) is 15.6 Å². The second-order valence-electron chi connectivity index (χ2n) is 7.09. The highest BCUT2D eigenvalue weighted by atomic mass is 16.2. The van der Waals surface area contributed by atoms with Gasteiger partial charge in [-0.25, -0.2) is 4.98 Å². The number of fused-ring (bicyclic) bond motifs is 2. The van der Waals surface area contributed by atoms with E-state index in [2.05, 4.69) is 52.3 Å². The van der Waals surface area contributed by atoms with Gasteiger partial charge in [0.2, 0.25) is 5.91 Å². The third-order valence-corrected chi connectivity index (χ3v) is 5.17. The average molecular weight is 362 g/mol. The van der Waals surface area contributed by atoms with Gasteiger partial charge < -0.3 is 16.0 Å². The maximum absolute atomic E-state index is 12.0. The van der Waals surface area contributed by atoms with Gasteiger partial charge in [-0.3, -0.25) is 4.79 Å². The van der Waals surface area contributed by atoms with Crippen LogP contribution in [0.25, 0.3) is 21.8 Å². The normalized spacial score (nSPS) is 16.7. The van der Waals surface area contributed by atoms with Crippen molar-refractivity contribution >= 4 is 33.4 Å². The number of benzene rings is 2. The minimum Gasteiger partial charge on any atom is -0.384 e. The average Bonchev–Trinajstić information content (AvgIpc) is 3.24. The number of carbonyl (C=O) groups is 1. The van der Waals surface area contributed by atoms with Crippen LogP contribution < -0.4 is 16.0 Å². The van der Waals surface area contributed by atoms with Crippen molar-refractivity contribution in [3.63, 3.8) is 0 Å². The molecule has 2 heterocycles. The smallest absolute Gasteiger partial charge is 0.237 e. The van der Waals surface area contributed by atoms with E-state index in [-0.39, 0.29) is 11.9 Å². The van der Waals surface area contributed by atoms with Gasteiger partial charge in [-0.1, -0.05) is 36.4 Å². The van der Waals surface area contributed by atoms with Crippen molar-refractivity contribution in [2.75, 3.05) is 25.0 Å². The van der Waals surface area contributed by atoms with Crippen LogP contribution in [0.5, 0.6) is 0 Å². The largest absolute Gasteiger partial charge is 0.384 e. The molecule has 5 nitrogen and oxygen atoms in total. The minimum absolute atomic E-state index is 0.0117. The summed E-state index contributed by atoms with van der Waals surface area (Å²) in [6.07, 6.45) is 4.02. The first-order valence-electron chi connectivity index (χ1n) is 9.85. The van der Waals surface area contributed by atoms with Crippen molar-refractivity contribution < 1.29 is 4.79 Å². The van der Waals surface area contributed by atoms with Gasteiger partial charge in [0.1, 0.15) is 0 Å². The SMILES string of the molecule is O=C(NCCCCNc1c2ccccc2nc2ccccc12)[C@@H]1CCCN1. The Labute approximate surface area is 159 Å². The van der Waals surface area contributed by atoms with E-state index in [0.29, 0.717) is 0 Å². The van der Waals surface area contributed by atoms with E-state index in [9.17, 15) is 4.79 Å². The van der Waals surface area contributed by atoms with Crippen LogP contribution in [-0.2, 0) is 4.79 Å². The lowest BCUT2D eigenvalue weighted by Crippen LogP contribution is -2.40. The lowest BCUT2D eigenvalue weighted by atomic mass is 10.1. The van der Waals surface area contributed by atoms with Crippen LogP contribution in [0.2, 0.25) is 0 Å². The van der Waals surface area contributed by atoms with Crippen molar-refractivity contribution in [2.45, 2.75) is 31.7 Å². The van der Waals surface area contributed by atoms with Gasteiger partial charge in [0.15, 0.2) is 0 Å². The highest BCUT2D eigenvalue weighted by Crippen LogP contribution is 2.30. The van der Waals surface area contributed by atoms with Crippen LogP contribution in [-0.4, -0.2) is 36.6 Å². The number of aromatic nitrogens is 1. The molecule has 140 valence electrons. The fourth-order valence-electron chi connectivity index (χ4n) is 3.74. The molecule has 4 rings (SSSR count). The number of amides is 1. The summed E-state index contributed by atoms with van der Waals surface area (Å²) in [4.78, 5) is 16.8. The predicted molar refractivity (Wildman–Crippen MR) is 111 cm³/mol. The number of nitrogens with one attached hydrogen (secondary N) is 3. The molecule has 0 radical (unpaired) electrons. The molecule has 0 bridgehead atoms. The zero-order valence-corrected chi connectivity index (χ0v) is 15.5. The van der Waals surface area contributed by atoms with Gasteiger partial charge >= 0.3 is 0 Å². The Morgan fingerprint density at radius 1 is 1.00 bits per heavy atom. The molecule has 1 atom stereocenters. The Kier molecular flexibility index (Phi) is 5.49. The summed E-state index contributed by atoms with van der Waals surface area (Å²) < 4.78 is 0. The zero-order valence-electron chi connectivity index (χ0n) is 15.5. The lowest BCUT2D eigenvalue weighted by Gasteiger charge is -2.14. The summed E-state index contributed by atoms with van der Waals surface area (Å²) in [5.74, 6) is 0.145. The van der Waals surface area contributed by atoms with Gasteiger partial charge in [-0.2, -0.15) is 0 Å². The van der Waals surface area contributed by atoms with E-state index in [1.165, 1.54) is 0 Å². The Hall–Kier alpha value is -2.66. The molecule has 1 fully saturated rings. The van der Waals surface area contributed by atoms with E-state index < -0.39 is 0 Å². The van der Waals surface area contributed by atoms with Gasteiger partial charge in [-0.05, 0) is 44.4 Å². The number of carbonyl (C=O) groups excluding carboxylic acids is 1. The van der Waals surface area contributed by atoms with Crippen molar-refractivity contribution in [1.29, 1.82) is 0 Å². The number of para-hydroxylation sites is 2. The molecule has 0 spiro atoms. The molecule has 0 saturated carbocycles. The first-order chi connectivity index (χ1) is 13.3. The van der Waals surface area contributed by atoms with Crippen LogP contribution in [0.1, 0.15) is 25.7 Å². The molecule has 1 aromatic heterocycles. The first kappa shape index (κ1) is 17.7. The van der Waals surface area contributed by atoms with Gasteiger partial charge in [-0.15, -0.1) is 0 Å². The number of unbranched alkanes of at least 4 members (excludes halogenated alkanes) is 1. The second-order valence-corrected chi connectivity index (χ2v) is 7.09. The number of hydrogen-bond acceptors (Lipinski definition) is 4. The fraction of sp³-hybridized carbons (Fsp3) is 0.364. The van der Waals surface area contributed by atoms with Crippen molar-refractivity contribution in [3.05, 3.63) is 48.5 Å².